The van der Waals surface area contributed by atoms with E-state index in [0.29, 0.717) is 11.1 Å². The molecule has 0 atom stereocenters. The van der Waals surface area contributed by atoms with Crippen molar-refractivity contribution >= 4 is 44.7 Å². The molecule has 0 radical (unpaired) electrons. The number of carbonyl (C=O) groups is 1. The van der Waals surface area contributed by atoms with Gasteiger partial charge in [0.15, 0.2) is 90.3 Å². The van der Waals surface area contributed by atoms with Gasteiger partial charge in [0.25, 0.3) is 0 Å². The summed E-state index contributed by atoms with van der Waals surface area (Å²) >= 11 is 0. The van der Waals surface area contributed by atoms with Crippen molar-refractivity contribution in [1.82, 2.24) is 0 Å². The molecule has 25 heteroatoms. The Kier molecular flexibility index (Phi) is 15.1. The highest BCUT2D eigenvalue weighted by molar-refractivity contribution is 7.97. The molecule has 0 saturated heterocycles. The van der Waals surface area contributed by atoms with Crippen molar-refractivity contribution in [1.29, 1.82) is 0 Å². The third kappa shape index (κ3) is 8.89. The summed E-state index contributed by atoms with van der Waals surface area (Å²) in [7, 11) is -0.542. The zero-order valence-electron chi connectivity index (χ0n) is 35.5. The van der Waals surface area contributed by atoms with Gasteiger partial charge in [-0.15, -0.1) is 21.9 Å². The van der Waals surface area contributed by atoms with Crippen LogP contribution in [0.5, 0.6) is 0 Å². The summed E-state index contributed by atoms with van der Waals surface area (Å²) in [5.74, 6) is -72.1. The molecule has 0 saturated carbocycles. The van der Waals surface area contributed by atoms with Crippen LogP contribution in [0.2, 0.25) is 0 Å². The van der Waals surface area contributed by atoms with E-state index < -0.39 is 155 Å². The van der Waals surface area contributed by atoms with Crippen LogP contribution in [-0.4, -0.2) is 11.9 Å². The van der Waals surface area contributed by atoms with Crippen molar-refractivity contribution in [2.24, 2.45) is 0 Å². The Morgan fingerprint density at radius 3 is 0.703 bits per heavy atom. The number of halogens is 22. The second-order valence-corrected chi connectivity index (χ2v) is 17.3. The lowest BCUT2D eigenvalue weighted by atomic mass is 9.12. The number of ketones is 1. The van der Waals surface area contributed by atoms with Crippen LogP contribution < -0.4 is 21.9 Å². The van der Waals surface area contributed by atoms with Crippen LogP contribution in [-0.2, 0) is 10.9 Å². The van der Waals surface area contributed by atoms with Crippen molar-refractivity contribution in [2.75, 3.05) is 0 Å². The predicted octanol–water partition coefficient (Wildman–Crippen LogP) is 12.1. The van der Waals surface area contributed by atoms with Crippen molar-refractivity contribution < 1.29 is 101 Å². The topological polar surface area (TPSA) is 17.1 Å². The van der Waals surface area contributed by atoms with E-state index in [1.165, 1.54) is 24.3 Å². The molecule has 0 N–H and O–H groups in total. The maximum absolute atomic E-state index is 15.4. The van der Waals surface area contributed by atoms with Gasteiger partial charge in [0.2, 0.25) is 0 Å². The molecular weight excluding hydrogens is 1070 g/mol. The minimum Gasteiger partial charge on any atom is -0.289 e. The lowest BCUT2D eigenvalue weighted by Gasteiger charge is -2.44. The van der Waals surface area contributed by atoms with Crippen LogP contribution in [0.1, 0.15) is 15.9 Å². The molecule has 0 heterocycles. The first-order chi connectivity index (χ1) is 34.8. The summed E-state index contributed by atoms with van der Waals surface area (Å²) in [6.45, 7) is 0. The predicted molar refractivity (Wildman–Crippen MR) is 220 cm³/mol. The van der Waals surface area contributed by atoms with E-state index in [1.54, 1.807) is 48.5 Å². The van der Waals surface area contributed by atoms with Gasteiger partial charge in [-0.05, 0) is 72.8 Å². The molecule has 8 rings (SSSR count). The average Bonchev–Trinajstić information content (AvgIpc) is 3.40. The minimum atomic E-state index is -7.22. The molecule has 0 unspecified atom stereocenters. The first-order valence-electron chi connectivity index (χ1n) is 20.0. The first-order valence-corrected chi connectivity index (χ1v) is 21.2. The summed E-state index contributed by atoms with van der Waals surface area (Å²) in [4.78, 5) is 15.5. The Morgan fingerprint density at radius 2 is 0.459 bits per heavy atom. The fourth-order valence-corrected chi connectivity index (χ4v) is 9.96. The molecule has 0 aliphatic heterocycles. The standard InChI is InChI=1S/C25H17F2OS.C24BF20/c26-20-8-14-23(15-9-20)29(24-16-10-21(27)11-17-24)22-12-6-19(7-13-22)25(28)18-4-2-1-3-5-18;26-5-1(6(27)14(35)21(42)13(5)34)25(2-7(28)15(36)22(43)16(37)8(2)29,3-9(30)17(38)23(44)18(39)10(3)31)4-11(32)19(40)24(45)20(41)12(4)33/h1-17H;/q+1;-1. The maximum Gasteiger partial charge on any atom is 0.200 e. The second kappa shape index (κ2) is 20.7. The van der Waals surface area contributed by atoms with E-state index in [2.05, 4.69) is 0 Å². The Hall–Kier alpha value is -7.70. The monoisotopic (exact) mass is 1080 g/mol. The molecule has 0 fully saturated rings. The Labute approximate surface area is 402 Å². The Balaban J connectivity index is 0.000000237. The molecule has 0 aliphatic carbocycles. The molecule has 0 spiro atoms. The number of hydrogen-bond donors (Lipinski definition) is 0. The second-order valence-electron chi connectivity index (χ2n) is 15.2. The molecule has 0 aromatic heterocycles. The SMILES string of the molecule is Fc1c(F)c(F)c([B-](c2c(F)c(F)c(F)c(F)c2F)(c2c(F)c(F)c(F)c(F)c2F)c2c(F)c(F)c(F)c(F)c2F)c(F)c1F.O=C(c1ccccc1)c1ccc([S+](c2ccc(F)cc2)c2ccc(F)cc2)cc1. The zero-order valence-corrected chi connectivity index (χ0v) is 36.3. The normalized spacial score (nSPS) is 11.6. The van der Waals surface area contributed by atoms with Crippen LogP contribution in [0.15, 0.2) is 118 Å². The van der Waals surface area contributed by atoms with E-state index in [4.69, 9.17) is 0 Å². The van der Waals surface area contributed by atoms with Crippen molar-refractivity contribution in [3.8, 4) is 0 Å². The smallest absolute Gasteiger partial charge is 0.200 e. The van der Waals surface area contributed by atoms with Crippen molar-refractivity contribution in [2.45, 2.75) is 14.7 Å². The van der Waals surface area contributed by atoms with E-state index in [-0.39, 0.29) is 17.4 Å². The van der Waals surface area contributed by atoms with Gasteiger partial charge in [-0.2, -0.15) is 0 Å². The molecular formula is C49H17BF22OS. The summed E-state index contributed by atoms with van der Waals surface area (Å²) in [5, 5.41) is 0. The van der Waals surface area contributed by atoms with Crippen molar-refractivity contribution in [3.05, 3.63) is 242 Å². The number of rotatable bonds is 9. The summed E-state index contributed by atoms with van der Waals surface area (Å²) in [6, 6.07) is 29.2. The maximum atomic E-state index is 15.4. The zero-order chi connectivity index (χ0) is 54.6. The van der Waals surface area contributed by atoms with Gasteiger partial charge in [0.05, 0.1) is 10.9 Å². The van der Waals surface area contributed by atoms with E-state index in [0.717, 1.165) is 14.7 Å². The molecule has 0 bridgehead atoms. The van der Waals surface area contributed by atoms with Crippen LogP contribution >= 0.6 is 0 Å². The fraction of sp³-hybridized carbons (Fsp3) is 0. The molecule has 74 heavy (non-hydrogen) atoms. The number of hydrogen-bond acceptors (Lipinski definition) is 1. The van der Waals surface area contributed by atoms with E-state index in [1.807, 2.05) is 30.3 Å². The lowest BCUT2D eigenvalue weighted by molar-refractivity contribution is 0.103. The number of carbonyl (C=O) groups excluding carboxylic acids is 1. The largest absolute Gasteiger partial charge is 0.289 e. The highest BCUT2D eigenvalue weighted by Gasteiger charge is 2.52. The summed E-state index contributed by atoms with van der Waals surface area (Å²) in [5.41, 5.74) is -13.1. The Bertz CT molecular complexity index is 3100. The Morgan fingerprint density at radius 1 is 0.257 bits per heavy atom. The third-order valence-corrected chi connectivity index (χ3v) is 13.4. The van der Waals surface area contributed by atoms with E-state index >= 15 is 35.1 Å². The van der Waals surface area contributed by atoms with Crippen LogP contribution in [0.4, 0.5) is 96.6 Å². The minimum absolute atomic E-state index is 0.0411. The molecule has 0 amide bonds. The van der Waals surface area contributed by atoms with Gasteiger partial charge in [0, 0.05) is 11.1 Å². The quantitative estimate of drug-likeness (QED) is 0.0352. The van der Waals surface area contributed by atoms with Gasteiger partial charge >= 0.3 is 0 Å². The first kappa shape index (κ1) is 54.1. The molecule has 8 aromatic rings. The fourth-order valence-electron chi connectivity index (χ4n) is 7.92. The summed E-state index contributed by atoms with van der Waals surface area (Å²) < 4.78 is 321. The van der Waals surface area contributed by atoms with Crippen LogP contribution in [0.3, 0.4) is 0 Å². The van der Waals surface area contributed by atoms with Gasteiger partial charge < -0.3 is 0 Å². The molecule has 0 aliphatic rings. The average molecular weight is 1080 g/mol. The highest BCUT2D eigenvalue weighted by Crippen LogP contribution is 2.34. The number of benzene rings is 8. The highest BCUT2D eigenvalue weighted by atomic mass is 32.2. The van der Waals surface area contributed by atoms with Crippen molar-refractivity contribution in [3.63, 3.8) is 0 Å². The van der Waals surface area contributed by atoms with E-state index in [9.17, 15) is 66.3 Å². The third-order valence-electron chi connectivity index (χ3n) is 11.2. The van der Waals surface area contributed by atoms with Gasteiger partial charge in [0.1, 0.15) is 64.3 Å². The molecule has 382 valence electrons. The van der Waals surface area contributed by atoms with Gasteiger partial charge in [-0.3, -0.25) is 4.79 Å². The van der Waals surface area contributed by atoms with Gasteiger partial charge in [-0.25, -0.2) is 96.6 Å². The summed E-state index contributed by atoms with van der Waals surface area (Å²) in [6.07, 6.45) is -7.22. The van der Waals surface area contributed by atoms with Gasteiger partial charge in [-0.1, -0.05) is 30.3 Å². The molecule has 8 aromatic carbocycles. The van der Waals surface area contributed by atoms with Crippen LogP contribution in [0.25, 0.3) is 0 Å². The molecule has 1 nitrogen and oxygen atoms in total. The lowest BCUT2D eigenvalue weighted by Crippen LogP contribution is -2.81. The van der Waals surface area contributed by atoms with Crippen LogP contribution in [0, 0.1) is 128 Å².